The molecule has 0 aromatic heterocycles. The van der Waals surface area contributed by atoms with E-state index in [-0.39, 0.29) is 18.1 Å². The number of alkyl halides is 1. The van der Waals surface area contributed by atoms with Crippen LogP contribution in [0.1, 0.15) is 45.4 Å². The average molecular weight is 304 g/mol. The highest BCUT2D eigenvalue weighted by Gasteiger charge is 2.35. The van der Waals surface area contributed by atoms with E-state index in [2.05, 4.69) is 27.8 Å². The molecule has 1 heterocycles. The molecule has 0 N–H and O–H groups in total. The van der Waals surface area contributed by atoms with Crippen molar-refractivity contribution in [3.8, 4) is 0 Å². The number of hydrogen-bond donors (Lipinski definition) is 0. The molecule has 0 bridgehead atoms. The minimum absolute atomic E-state index is 0.176. The van der Waals surface area contributed by atoms with Gasteiger partial charge in [-0.05, 0) is 32.6 Å². The lowest BCUT2D eigenvalue weighted by Crippen LogP contribution is -2.45. The van der Waals surface area contributed by atoms with Crippen molar-refractivity contribution < 1.29 is 9.53 Å². The zero-order valence-electron chi connectivity index (χ0n) is 10.5. The van der Waals surface area contributed by atoms with Crippen LogP contribution in [-0.2, 0) is 9.53 Å². The molecule has 0 aromatic carbocycles. The van der Waals surface area contributed by atoms with Crippen molar-refractivity contribution >= 4 is 21.8 Å². The minimum Gasteiger partial charge on any atom is -0.365 e. The summed E-state index contributed by atoms with van der Waals surface area (Å²) in [5.41, 5.74) is 0. The van der Waals surface area contributed by atoms with Crippen molar-refractivity contribution in [2.45, 2.75) is 63.7 Å². The Kier molecular flexibility index (Phi) is 4.86. The van der Waals surface area contributed by atoms with Crippen LogP contribution in [0.25, 0.3) is 0 Å². The van der Waals surface area contributed by atoms with E-state index in [0.29, 0.717) is 6.04 Å². The molecule has 2 fully saturated rings. The second-order valence-corrected chi connectivity index (χ2v) is 5.96. The minimum atomic E-state index is -0.176. The van der Waals surface area contributed by atoms with E-state index < -0.39 is 0 Å². The van der Waals surface area contributed by atoms with E-state index in [0.717, 1.165) is 24.7 Å². The highest BCUT2D eigenvalue weighted by atomic mass is 79.9. The third-order valence-electron chi connectivity index (χ3n) is 3.88. The molecule has 98 valence electrons. The summed E-state index contributed by atoms with van der Waals surface area (Å²) in [4.78, 5) is 14.5. The fraction of sp³-hybridized carbons (Fsp3) is 0.923. The zero-order valence-corrected chi connectivity index (χ0v) is 12.1. The normalized spacial score (nSPS) is 29.8. The Morgan fingerprint density at radius 1 is 1.29 bits per heavy atom. The van der Waals surface area contributed by atoms with Gasteiger partial charge in [0.15, 0.2) is 0 Å². The van der Waals surface area contributed by atoms with Crippen molar-refractivity contribution in [3.05, 3.63) is 0 Å². The van der Waals surface area contributed by atoms with Gasteiger partial charge in [0, 0.05) is 17.9 Å². The van der Waals surface area contributed by atoms with E-state index in [9.17, 15) is 4.79 Å². The molecular weight excluding hydrogens is 282 g/mol. The van der Waals surface area contributed by atoms with Crippen LogP contribution in [0.2, 0.25) is 0 Å². The van der Waals surface area contributed by atoms with Crippen molar-refractivity contribution in [3.63, 3.8) is 0 Å². The lowest BCUT2D eigenvalue weighted by molar-refractivity contribution is -0.144. The van der Waals surface area contributed by atoms with Crippen LogP contribution >= 0.6 is 15.9 Å². The smallest absolute Gasteiger partial charge is 0.251 e. The number of hydrogen-bond acceptors (Lipinski definition) is 2. The third kappa shape index (κ3) is 3.22. The highest BCUT2D eigenvalue weighted by Crippen LogP contribution is 2.27. The molecule has 1 saturated carbocycles. The summed E-state index contributed by atoms with van der Waals surface area (Å²) in [6.07, 6.45) is 6.84. The van der Waals surface area contributed by atoms with Gasteiger partial charge in [0.05, 0.1) is 6.10 Å². The van der Waals surface area contributed by atoms with Crippen molar-refractivity contribution in [2.24, 2.45) is 0 Å². The second-order valence-electron chi connectivity index (χ2n) is 5.17. The van der Waals surface area contributed by atoms with E-state index in [1.807, 2.05) is 0 Å². The number of halogens is 1. The van der Waals surface area contributed by atoms with Gasteiger partial charge in [-0.3, -0.25) is 4.79 Å². The monoisotopic (exact) mass is 303 g/mol. The van der Waals surface area contributed by atoms with Gasteiger partial charge < -0.3 is 9.64 Å². The van der Waals surface area contributed by atoms with Gasteiger partial charge in [0.2, 0.25) is 0 Å². The fourth-order valence-electron chi connectivity index (χ4n) is 2.95. The van der Waals surface area contributed by atoms with Gasteiger partial charge in [0.25, 0.3) is 5.91 Å². The number of rotatable bonds is 4. The number of ether oxygens (including phenoxy) is 1. The first kappa shape index (κ1) is 13.3. The number of nitrogens with zero attached hydrogens (tertiary/aromatic N) is 1. The maximum absolute atomic E-state index is 12.4. The largest absolute Gasteiger partial charge is 0.365 e. The molecule has 0 aromatic rings. The van der Waals surface area contributed by atoms with Crippen LogP contribution < -0.4 is 0 Å². The Labute approximate surface area is 112 Å². The quantitative estimate of drug-likeness (QED) is 0.747. The highest BCUT2D eigenvalue weighted by molar-refractivity contribution is 9.09. The molecule has 2 unspecified atom stereocenters. The van der Waals surface area contributed by atoms with Crippen LogP contribution in [0.3, 0.4) is 0 Å². The summed E-state index contributed by atoms with van der Waals surface area (Å²) in [7, 11) is 0. The fourth-order valence-corrected chi connectivity index (χ4v) is 3.33. The van der Waals surface area contributed by atoms with Crippen molar-refractivity contribution in [1.82, 2.24) is 4.90 Å². The Morgan fingerprint density at radius 3 is 2.53 bits per heavy atom. The Morgan fingerprint density at radius 2 is 2.00 bits per heavy atom. The lowest BCUT2D eigenvalue weighted by Gasteiger charge is -2.30. The molecule has 0 spiro atoms. The second kappa shape index (κ2) is 6.19. The maximum Gasteiger partial charge on any atom is 0.251 e. The SMILES string of the molecule is CC1CCC(C(=O)N(CCBr)C2CCCC2)O1. The summed E-state index contributed by atoms with van der Waals surface area (Å²) >= 11 is 3.45. The summed E-state index contributed by atoms with van der Waals surface area (Å²) in [6, 6.07) is 0.458. The molecule has 1 aliphatic heterocycles. The Hall–Kier alpha value is -0.0900. The van der Waals surface area contributed by atoms with Gasteiger partial charge in [-0.15, -0.1) is 0 Å². The molecule has 2 rings (SSSR count). The Balaban J connectivity index is 1.96. The maximum atomic E-state index is 12.4. The summed E-state index contributed by atoms with van der Waals surface area (Å²) in [5.74, 6) is 0.223. The summed E-state index contributed by atoms with van der Waals surface area (Å²) in [5, 5.41) is 0.859. The van der Waals surface area contributed by atoms with Crippen molar-refractivity contribution in [2.75, 3.05) is 11.9 Å². The molecule has 2 atom stereocenters. The molecule has 4 heteroatoms. The third-order valence-corrected chi connectivity index (χ3v) is 4.24. The molecule has 17 heavy (non-hydrogen) atoms. The molecule has 3 nitrogen and oxygen atoms in total. The van der Waals surface area contributed by atoms with E-state index >= 15 is 0 Å². The van der Waals surface area contributed by atoms with Gasteiger partial charge in [-0.1, -0.05) is 28.8 Å². The van der Waals surface area contributed by atoms with Crippen LogP contribution in [0.15, 0.2) is 0 Å². The van der Waals surface area contributed by atoms with Crippen LogP contribution in [0.5, 0.6) is 0 Å². The van der Waals surface area contributed by atoms with Crippen LogP contribution in [0.4, 0.5) is 0 Å². The predicted molar refractivity (Wildman–Crippen MR) is 71.3 cm³/mol. The lowest BCUT2D eigenvalue weighted by atomic mass is 10.1. The summed E-state index contributed by atoms with van der Waals surface area (Å²) < 4.78 is 5.70. The summed E-state index contributed by atoms with van der Waals surface area (Å²) in [6.45, 7) is 2.87. The van der Waals surface area contributed by atoms with Crippen LogP contribution in [-0.4, -0.2) is 40.9 Å². The molecule has 1 aliphatic carbocycles. The van der Waals surface area contributed by atoms with E-state index in [1.165, 1.54) is 25.7 Å². The number of amides is 1. The molecule has 1 amide bonds. The first-order valence-corrected chi connectivity index (χ1v) is 7.86. The van der Waals surface area contributed by atoms with Gasteiger partial charge in [-0.2, -0.15) is 0 Å². The predicted octanol–water partition coefficient (Wildman–Crippen LogP) is 2.72. The standard InChI is InChI=1S/C13H22BrNO2/c1-10-6-7-12(17-10)13(16)15(9-8-14)11-4-2-3-5-11/h10-12H,2-9H2,1H3. The number of carbonyl (C=O) groups excluding carboxylic acids is 1. The molecule has 1 saturated heterocycles. The average Bonchev–Trinajstić information content (AvgIpc) is 2.95. The number of carbonyl (C=O) groups is 1. The topological polar surface area (TPSA) is 29.5 Å². The Bertz CT molecular complexity index is 266. The van der Waals surface area contributed by atoms with Crippen molar-refractivity contribution in [1.29, 1.82) is 0 Å². The molecule has 2 aliphatic rings. The van der Waals surface area contributed by atoms with Crippen LogP contribution in [0, 0.1) is 0 Å². The molecule has 0 radical (unpaired) electrons. The van der Waals surface area contributed by atoms with E-state index in [1.54, 1.807) is 0 Å². The van der Waals surface area contributed by atoms with E-state index in [4.69, 9.17) is 4.74 Å². The van der Waals surface area contributed by atoms with Gasteiger partial charge in [0.1, 0.15) is 6.10 Å². The molecular formula is C13H22BrNO2. The first-order valence-electron chi connectivity index (χ1n) is 6.74. The van der Waals surface area contributed by atoms with Gasteiger partial charge >= 0.3 is 0 Å². The van der Waals surface area contributed by atoms with Gasteiger partial charge in [-0.25, -0.2) is 0 Å². The zero-order chi connectivity index (χ0) is 12.3. The first-order chi connectivity index (χ1) is 8.22.